The van der Waals surface area contributed by atoms with E-state index in [1.165, 1.54) is 48.0 Å². The van der Waals surface area contributed by atoms with Crippen molar-refractivity contribution in [1.29, 1.82) is 0 Å². The van der Waals surface area contributed by atoms with Crippen LogP contribution < -0.4 is 0 Å². The van der Waals surface area contributed by atoms with Crippen LogP contribution in [0.15, 0.2) is 24.3 Å². The zero-order chi connectivity index (χ0) is 13.0. The fraction of sp³-hybridized carbons (Fsp3) is 0.529. The van der Waals surface area contributed by atoms with Crippen molar-refractivity contribution in [2.75, 3.05) is 6.54 Å². The summed E-state index contributed by atoms with van der Waals surface area (Å²) >= 11 is 0. The topological polar surface area (TPSA) is 8.17 Å². The highest BCUT2D eigenvalue weighted by Crippen LogP contribution is 2.38. The Bertz CT molecular complexity index is 625. The smallest absolute Gasteiger partial charge is 0.0480 e. The molecule has 1 aliphatic carbocycles. The molecule has 2 fully saturated rings. The van der Waals surface area contributed by atoms with Crippen LogP contribution in [0, 0.1) is 12.8 Å². The van der Waals surface area contributed by atoms with E-state index in [0.717, 1.165) is 18.5 Å². The molecule has 0 radical (unpaired) electrons. The van der Waals surface area contributed by atoms with Gasteiger partial charge < -0.3 is 4.57 Å². The maximum atomic E-state index is 2.70. The van der Waals surface area contributed by atoms with Gasteiger partial charge in [0.1, 0.15) is 0 Å². The molecule has 0 N–H and O–H groups in total. The predicted octanol–water partition coefficient (Wildman–Crippen LogP) is 3.47. The van der Waals surface area contributed by atoms with Gasteiger partial charge in [-0.15, -0.1) is 0 Å². The van der Waals surface area contributed by atoms with Crippen LogP contribution in [-0.4, -0.2) is 22.1 Å². The Labute approximate surface area is 115 Å². The molecule has 2 aliphatic rings. The fourth-order valence-corrected chi connectivity index (χ4v) is 4.11. The molecule has 2 heteroatoms. The monoisotopic (exact) mass is 254 g/mol. The second kappa shape index (κ2) is 4.11. The van der Waals surface area contributed by atoms with Gasteiger partial charge in [-0.2, -0.15) is 0 Å². The molecular formula is C17H22N2. The van der Waals surface area contributed by atoms with Gasteiger partial charge in [0.2, 0.25) is 0 Å². The van der Waals surface area contributed by atoms with Gasteiger partial charge in [0.15, 0.2) is 0 Å². The van der Waals surface area contributed by atoms with Crippen molar-refractivity contribution in [3.05, 3.63) is 35.5 Å². The molecule has 1 aromatic carbocycles. The van der Waals surface area contributed by atoms with E-state index < -0.39 is 0 Å². The van der Waals surface area contributed by atoms with Crippen molar-refractivity contribution in [3.8, 4) is 0 Å². The Hall–Kier alpha value is -1.28. The molecule has 0 spiro atoms. The fourth-order valence-electron chi connectivity index (χ4n) is 4.11. The third-order valence-corrected chi connectivity index (χ3v) is 5.19. The van der Waals surface area contributed by atoms with Crippen LogP contribution in [0.25, 0.3) is 10.9 Å². The minimum absolute atomic E-state index is 0.866. The van der Waals surface area contributed by atoms with Crippen molar-refractivity contribution in [1.82, 2.24) is 9.47 Å². The number of hydrogen-bond donors (Lipinski definition) is 0. The summed E-state index contributed by atoms with van der Waals surface area (Å²) in [5, 5.41) is 1.39. The van der Waals surface area contributed by atoms with Crippen molar-refractivity contribution < 1.29 is 0 Å². The molecule has 2 heterocycles. The molecule has 2 aromatic rings. The second-order valence-electron chi connectivity index (χ2n) is 6.52. The first-order valence-electron chi connectivity index (χ1n) is 7.50. The van der Waals surface area contributed by atoms with Gasteiger partial charge in [-0.25, -0.2) is 0 Å². The highest BCUT2D eigenvalue weighted by molar-refractivity contribution is 5.82. The van der Waals surface area contributed by atoms with Crippen LogP contribution in [0.1, 0.15) is 30.5 Å². The van der Waals surface area contributed by atoms with E-state index in [0.29, 0.717) is 0 Å². The summed E-state index contributed by atoms with van der Waals surface area (Å²) in [5.41, 5.74) is 4.18. The molecule has 1 saturated heterocycles. The maximum Gasteiger partial charge on any atom is 0.0480 e. The molecule has 1 aliphatic heterocycles. The van der Waals surface area contributed by atoms with Crippen molar-refractivity contribution in [2.45, 2.75) is 38.8 Å². The molecule has 1 saturated carbocycles. The van der Waals surface area contributed by atoms with Gasteiger partial charge in [-0.05, 0) is 50.3 Å². The standard InChI is InChI=1S/C17H22N2/c1-12-3-6-17-14(7-12)9-16(18(17)2)11-19-10-13-4-5-15(19)8-13/h3,6-7,9,13,15H,4-5,8,10-11H2,1-2H3/t13-,15-/m0/s1. The van der Waals surface area contributed by atoms with Crippen LogP contribution in [0.5, 0.6) is 0 Å². The molecular weight excluding hydrogens is 232 g/mol. The minimum atomic E-state index is 0.866. The first-order chi connectivity index (χ1) is 9.20. The quantitative estimate of drug-likeness (QED) is 0.796. The predicted molar refractivity (Wildman–Crippen MR) is 79.2 cm³/mol. The minimum Gasteiger partial charge on any atom is -0.346 e. The van der Waals surface area contributed by atoms with Gasteiger partial charge >= 0.3 is 0 Å². The Kier molecular flexibility index (Phi) is 2.49. The van der Waals surface area contributed by atoms with Gasteiger partial charge in [-0.1, -0.05) is 11.6 Å². The van der Waals surface area contributed by atoms with Gasteiger partial charge in [0.25, 0.3) is 0 Å². The highest BCUT2D eigenvalue weighted by Gasteiger charge is 2.37. The Balaban J connectivity index is 1.66. The lowest BCUT2D eigenvalue weighted by atomic mass is 10.1. The molecule has 0 unspecified atom stereocenters. The van der Waals surface area contributed by atoms with Crippen molar-refractivity contribution in [3.63, 3.8) is 0 Å². The SMILES string of the molecule is Cc1ccc2c(c1)cc(CN1C[C@H]3CC[C@H]1C3)n2C. The second-order valence-corrected chi connectivity index (χ2v) is 6.52. The van der Waals surface area contributed by atoms with E-state index in [2.05, 4.69) is 47.7 Å². The van der Waals surface area contributed by atoms with Crippen molar-refractivity contribution >= 4 is 10.9 Å². The first kappa shape index (κ1) is 11.5. The molecule has 19 heavy (non-hydrogen) atoms. The van der Waals surface area contributed by atoms with Crippen molar-refractivity contribution in [2.24, 2.45) is 13.0 Å². The summed E-state index contributed by atoms with van der Waals surface area (Å²) in [6, 6.07) is 10.0. The summed E-state index contributed by atoms with van der Waals surface area (Å²) in [6.07, 6.45) is 4.34. The van der Waals surface area contributed by atoms with Crippen LogP contribution in [0.2, 0.25) is 0 Å². The summed E-state index contributed by atoms with van der Waals surface area (Å²) in [4.78, 5) is 2.70. The van der Waals surface area contributed by atoms with E-state index in [1.807, 2.05) is 0 Å². The third-order valence-electron chi connectivity index (χ3n) is 5.19. The van der Waals surface area contributed by atoms with E-state index >= 15 is 0 Å². The first-order valence-corrected chi connectivity index (χ1v) is 7.50. The summed E-state index contributed by atoms with van der Waals surface area (Å²) in [7, 11) is 2.21. The van der Waals surface area contributed by atoms with E-state index in [-0.39, 0.29) is 0 Å². The Morgan fingerprint density at radius 1 is 1.21 bits per heavy atom. The van der Waals surface area contributed by atoms with E-state index in [4.69, 9.17) is 0 Å². The number of rotatable bonds is 2. The van der Waals surface area contributed by atoms with Crippen LogP contribution in [0.4, 0.5) is 0 Å². The summed E-state index contributed by atoms with van der Waals surface area (Å²) < 4.78 is 2.38. The lowest BCUT2D eigenvalue weighted by Crippen LogP contribution is -2.32. The summed E-state index contributed by atoms with van der Waals surface area (Å²) in [5.74, 6) is 0.988. The molecule has 0 amide bonds. The number of aromatic nitrogens is 1. The zero-order valence-electron chi connectivity index (χ0n) is 11.9. The lowest BCUT2D eigenvalue weighted by molar-refractivity contribution is 0.201. The highest BCUT2D eigenvalue weighted by atomic mass is 15.2. The number of aryl methyl sites for hydroxylation is 2. The van der Waals surface area contributed by atoms with Crippen LogP contribution in [-0.2, 0) is 13.6 Å². The number of fused-ring (bicyclic) bond motifs is 3. The van der Waals surface area contributed by atoms with E-state index in [1.54, 1.807) is 0 Å². The molecule has 4 rings (SSSR count). The number of likely N-dealkylation sites (tertiary alicyclic amines) is 1. The number of hydrogen-bond acceptors (Lipinski definition) is 1. The third kappa shape index (κ3) is 1.81. The molecule has 2 atom stereocenters. The Morgan fingerprint density at radius 3 is 2.84 bits per heavy atom. The molecule has 100 valence electrons. The summed E-state index contributed by atoms with van der Waals surface area (Å²) in [6.45, 7) is 4.63. The van der Waals surface area contributed by atoms with Crippen LogP contribution in [0.3, 0.4) is 0 Å². The van der Waals surface area contributed by atoms with Gasteiger partial charge in [0.05, 0.1) is 0 Å². The number of benzene rings is 1. The molecule has 2 bridgehead atoms. The van der Waals surface area contributed by atoms with Gasteiger partial charge in [0, 0.05) is 42.8 Å². The molecule has 2 nitrogen and oxygen atoms in total. The average Bonchev–Trinajstić information content (AvgIpc) is 3.06. The molecule has 1 aromatic heterocycles. The maximum absolute atomic E-state index is 2.70. The zero-order valence-corrected chi connectivity index (χ0v) is 11.9. The van der Waals surface area contributed by atoms with E-state index in [9.17, 15) is 0 Å². The van der Waals surface area contributed by atoms with Crippen LogP contribution >= 0.6 is 0 Å². The normalized spacial score (nSPS) is 26.6. The van der Waals surface area contributed by atoms with Gasteiger partial charge in [-0.3, -0.25) is 4.90 Å². The largest absolute Gasteiger partial charge is 0.346 e. The number of piperidine rings is 1. The average molecular weight is 254 g/mol. The Morgan fingerprint density at radius 2 is 2.11 bits per heavy atom. The number of nitrogens with zero attached hydrogens (tertiary/aromatic N) is 2. The lowest BCUT2D eigenvalue weighted by Gasteiger charge is -2.26.